The van der Waals surface area contributed by atoms with Crippen molar-refractivity contribution in [2.45, 2.75) is 45.3 Å². The molecule has 0 aromatic carbocycles. The molecule has 0 fully saturated rings. The van der Waals surface area contributed by atoms with Crippen molar-refractivity contribution in [3.8, 4) is 0 Å². The van der Waals surface area contributed by atoms with Gasteiger partial charge in [0, 0.05) is 33.1 Å². The average Bonchev–Trinajstić information content (AvgIpc) is 2.92. The van der Waals surface area contributed by atoms with Gasteiger partial charge in [0.2, 0.25) is 0 Å². The Bertz CT molecular complexity index is 576. The van der Waals surface area contributed by atoms with Crippen LogP contribution in [0.25, 0.3) is 0 Å². The summed E-state index contributed by atoms with van der Waals surface area (Å²) in [5.74, 6) is -0.0607. The second-order valence-corrected chi connectivity index (χ2v) is 7.34. The highest BCUT2D eigenvalue weighted by molar-refractivity contribution is 7.98. The Labute approximate surface area is 153 Å². The number of carbonyl (C=O) groups excluding carboxylic acids is 1. The number of aliphatic carboxylic acids is 1. The van der Waals surface area contributed by atoms with Crippen LogP contribution in [0, 0.1) is 11.8 Å². The van der Waals surface area contributed by atoms with Crippen LogP contribution in [0.15, 0.2) is 5.16 Å². The normalized spacial score (nSPS) is 12.2. The number of carboxylic acid groups (broad SMARTS) is 1. The summed E-state index contributed by atoms with van der Waals surface area (Å²) >= 11 is 1.58. The number of hydrogen-bond donors (Lipinski definition) is 2. The summed E-state index contributed by atoms with van der Waals surface area (Å²) in [6.45, 7) is 7.45. The van der Waals surface area contributed by atoms with Crippen LogP contribution in [0.5, 0.6) is 0 Å². The van der Waals surface area contributed by atoms with E-state index in [1.807, 2.05) is 6.26 Å². The Balaban J connectivity index is 2.44. The van der Waals surface area contributed by atoms with Gasteiger partial charge in [-0.2, -0.15) is 0 Å². The van der Waals surface area contributed by atoms with Crippen molar-refractivity contribution >= 4 is 23.8 Å². The molecule has 8 nitrogen and oxygen atoms in total. The molecular formula is C16H29N5O3S. The first kappa shape index (κ1) is 21.3. The molecule has 25 heavy (non-hydrogen) atoms. The van der Waals surface area contributed by atoms with E-state index in [9.17, 15) is 9.59 Å². The Morgan fingerprint density at radius 3 is 2.56 bits per heavy atom. The topological polar surface area (TPSA) is 100 Å². The van der Waals surface area contributed by atoms with Crippen molar-refractivity contribution in [1.82, 2.24) is 25.0 Å². The molecule has 1 aromatic rings. The van der Waals surface area contributed by atoms with E-state index in [0.717, 1.165) is 30.4 Å². The fraction of sp³-hybridized carbons (Fsp3) is 0.750. The minimum absolute atomic E-state index is 0.182. The molecule has 0 aliphatic heterocycles. The summed E-state index contributed by atoms with van der Waals surface area (Å²) in [6, 6.07) is -0.262. The number of thioether (sulfide) groups is 1. The maximum absolute atomic E-state index is 12.0. The van der Waals surface area contributed by atoms with Gasteiger partial charge >= 0.3 is 12.0 Å². The van der Waals surface area contributed by atoms with Gasteiger partial charge in [0.05, 0.1) is 5.92 Å². The van der Waals surface area contributed by atoms with Crippen LogP contribution in [0.1, 0.15) is 33.0 Å². The molecule has 1 rings (SSSR count). The molecule has 0 radical (unpaired) electrons. The highest BCUT2D eigenvalue weighted by atomic mass is 32.2. The number of amides is 2. The number of aromatic nitrogens is 3. The molecule has 2 N–H and O–H groups in total. The second kappa shape index (κ2) is 10.3. The molecular weight excluding hydrogens is 342 g/mol. The predicted molar refractivity (Wildman–Crippen MR) is 97.8 cm³/mol. The van der Waals surface area contributed by atoms with E-state index in [0.29, 0.717) is 12.5 Å². The lowest BCUT2D eigenvalue weighted by atomic mass is 10.2. The summed E-state index contributed by atoms with van der Waals surface area (Å²) in [6.07, 6.45) is 3.47. The van der Waals surface area contributed by atoms with E-state index in [1.165, 1.54) is 4.90 Å². The van der Waals surface area contributed by atoms with Crippen LogP contribution in [0.3, 0.4) is 0 Å². The number of urea groups is 1. The summed E-state index contributed by atoms with van der Waals surface area (Å²) < 4.78 is 2.14. The fourth-order valence-corrected chi connectivity index (χ4v) is 2.87. The van der Waals surface area contributed by atoms with Crippen LogP contribution in [-0.2, 0) is 17.8 Å². The molecule has 0 saturated heterocycles. The first-order valence-electron chi connectivity index (χ1n) is 8.44. The minimum atomic E-state index is -0.909. The smallest absolute Gasteiger partial charge is 0.317 e. The second-order valence-electron chi connectivity index (χ2n) is 6.56. The van der Waals surface area contributed by atoms with Gasteiger partial charge in [0.1, 0.15) is 5.82 Å². The lowest BCUT2D eigenvalue weighted by Crippen LogP contribution is -2.41. The number of hydrogen-bond acceptors (Lipinski definition) is 5. The van der Waals surface area contributed by atoms with Crippen LogP contribution < -0.4 is 5.32 Å². The minimum Gasteiger partial charge on any atom is -0.481 e. The largest absolute Gasteiger partial charge is 0.481 e. The van der Waals surface area contributed by atoms with Gasteiger partial charge in [-0.3, -0.25) is 4.79 Å². The summed E-state index contributed by atoms with van der Waals surface area (Å²) in [5, 5.41) is 21.1. The zero-order valence-corrected chi connectivity index (χ0v) is 16.5. The van der Waals surface area contributed by atoms with E-state index in [-0.39, 0.29) is 12.6 Å². The molecule has 1 atom stereocenters. The van der Waals surface area contributed by atoms with Gasteiger partial charge < -0.3 is 19.9 Å². The Hall–Kier alpha value is -1.77. The Morgan fingerprint density at radius 1 is 1.32 bits per heavy atom. The van der Waals surface area contributed by atoms with Crippen LogP contribution in [0.4, 0.5) is 4.79 Å². The number of aryl methyl sites for hydroxylation is 1. The number of rotatable bonds is 10. The highest BCUT2D eigenvalue weighted by Crippen LogP contribution is 2.16. The molecule has 1 aromatic heterocycles. The third kappa shape index (κ3) is 6.93. The molecule has 0 saturated carbocycles. The lowest BCUT2D eigenvalue weighted by molar-refractivity contribution is -0.141. The van der Waals surface area contributed by atoms with E-state index in [2.05, 4.69) is 33.9 Å². The van der Waals surface area contributed by atoms with E-state index in [4.69, 9.17) is 5.11 Å². The first-order chi connectivity index (χ1) is 11.8. The number of nitrogens with zero attached hydrogens (tertiary/aromatic N) is 4. The number of carboxylic acids is 1. The molecule has 0 bridgehead atoms. The third-order valence-electron chi connectivity index (χ3n) is 3.69. The summed E-state index contributed by atoms with van der Waals surface area (Å²) in [5.41, 5.74) is 0. The molecule has 1 heterocycles. The number of nitrogens with one attached hydrogen (secondary N) is 1. The van der Waals surface area contributed by atoms with Crippen molar-refractivity contribution in [3.05, 3.63) is 5.82 Å². The van der Waals surface area contributed by atoms with Crippen LogP contribution in [0.2, 0.25) is 0 Å². The lowest BCUT2D eigenvalue weighted by Gasteiger charge is -2.20. The first-order valence-corrected chi connectivity index (χ1v) is 9.66. The predicted octanol–water partition coefficient (Wildman–Crippen LogP) is 1.95. The molecule has 0 aliphatic carbocycles. The van der Waals surface area contributed by atoms with Crippen molar-refractivity contribution in [3.63, 3.8) is 0 Å². The standard InChI is InChI=1S/C16H29N5O3S/c1-11(2)9-21-13(18-19-16(21)25-5)7-6-8-17-15(24)20(4)10-12(3)14(22)23/h11-12H,6-10H2,1-5H3,(H,17,24)(H,22,23). The average molecular weight is 372 g/mol. The summed E-state index contributed by atoms with van der Waals surface area (Å²) in [4.78, 5) is 24.2. The number of carbonyl (C=O) groups is 2. The molecule has 9 heteroatoms. The highest BCUT2D eigenvalue weighted by Gasteiger charge is 2.17. The maximum atomic E-state index is 12.0. The fourth-order valence-electron chi connectivity index (χ4n) is 2.35. The zero-order chi connectivity index (χ0) is 19.0. The molecule has 0 aliphatic rings. The molecule has 2 amide bonds. The van der Waals surface area contributed by atoms with Gasteiger partial charge in [-0.25, -0.2) is 4.79 Å². The van der Waals surface area contributed by atoms with E-state index >= 15 is 0 Å². The zero-order valence-electron chi connectivity index (χ0n) is 15.7. The van der Waals surface area contributed by atoms with Gasteiger partial charge in [-0.1, -0.05) is 32.5 Å². The molecule has 1 unspecified atom stereocenters. The monoisotopic (exact) mass is 371 g/mol. The van der Waals surface area contributed by atoms with E-state index in [1.54, 1.807) is 25.7 Å². The Morgan fingerprint density at radius 2 is 2.00 bits per heavy atom. The van der Waals surface area contributed by atoms with Crippen molar-refractivity contribution in [2.75, 3.05) is 26.4 Å². The Kier molecular flexibility index (Phi) is 8.74. The van der Waals surface area contributed by atoms with Gasteiger partial charge in [-0.05, 0) is 18.6 Å². The van der Waals surface area contributed by atoms with Gasteiger partial charge in [0.25, 0.3) is 0 Å². The molecule has 0 spiro atoms. The van der Waals surface area contributed by atoms with Crippen LogP contribution in [-0.4, -0.2) is 63.2 Å². The van der Waals surface area contributed by atoms with E-state index < -0.39 is 11.9 Å². The summed E-state index contributed by atoms with van der Waals surface area (Å²) in [7, 11) is 1.60. The maximum Gasteiger partial charge on any atom is 0.317 e. The van der Waals surface area contributed by atoms with Gasteiger partial charge in [0.15, 0.2) is 5.16 Å². The van der Waals surface area contributed by atoms with Crippen LogP contribution >= 0.6 is 11.8 Å². The van der Waals surface area contributed by atoms with Crippen molar-refractivity contribution in [1.29, 1.82) is 0 Å². The van der Waals surface area contributed by atoms with Crippen molar-refractivity contribution in [2.24, 2.45) is 11.8 Å². The molecule has 142 valence electrons. The SMILES string of the molecule is CSc1nnc(CCCNC(=O)N(C)CC(C)C(=O)O)n1CC(C)C. The quantitative estimate of drug-likeness (QED) is 0.482. The van der Waals surface area contributed by atoms with Gasteiger partial charge in [-0.15, -0.1) is 10.2 Å². The third-order valence-corrected chi connectivity index (χ3v) is 4.36. The van der Waals surface area contributed by atoms with Crippen molar-refractivity contribution < 1.29 is 14.7 Å².